The van der Waals surface area contributed by atoms with Gasteiger partial charge in [-0.05, 0) is 23.6 Å². The zero-order chi connectivity index (χ0) is 15.8. The van der Waals surface area contributed by atoms with E-state index in [4.69, 9.17) is 0 Å². The number of fused-ring (bicyclic) bond motifs is 3. The summed E-state index contributed by atoms with van der Waals surface area (Å²) < 4.78 is 0. The van der Waals surface area contributed by atoms with Crippen molar-refractivity contribution >= 4 is 40.3 Å². The minimum atomic E-state index is -0.158. The lowest BCUT2D eigenvalue weighted by atomic mass is 10.0. The van der Waals surface area contributed by atoms with E-state index in [1.165, 1.54) is 0 Å². The number of aromatic nitrogens is 1. The molecule has 4 heteroatoms. The summed E-state index contributed by atoms with van der Waals surface area (Å²) in [5.41, 5.74) is 3.16. The predicted octanol–water partition coefficient (Wildman–Crippen LogP) is 3.54. The summed E-state index contributed by atoms with van der Waals surface area (Å²) in [6.07, 6.45) is 2.40. The van der Waals surface area contributed by atoms with E-state index in [0.717, 1.165) is 22.0 Å². The topological polar surface area (TPSA) is 59.1 Å². The molecule has 1 aromatic heterocycles. The van der Waals surface area contributed by atoms with Gasteiger partial charge in [-0.2, -0.15) is 0 Å². The van der Waals surface area contributed by atoms with E-state index in [2.05, 4.69) is 10.3 Å². The third kappa shape index (κ3) is 2.21. The first-order chi connectivity index (χ1) is 11.3. The number of amides is 1. The molecule has 0 unspecified atom stereocenters. The summed E-state index contributed by atoms with van der Waals surface area (Å²) in [6, 6.07) is 17.0. The molecule has 23 heavy (non-hydrogen) atoms. The van der Waals surface area contributed by atoms with E-state index in [1.54, 1.807) is 24.3 Å². The van der Waals surface area contributed by atoms with Crippen molar-refractivity contribution in [2.75, 3.05) is 5.32 Å². The summed E-state index contributed by atoms with van der Waals surface area (Å²) in [7, 11) is 0. The lowest BCUT2D eigenvalue weighted by Gasteiger charge is -2.04. The molecule has 0 saturated heterocycles. The molecule has 0 fully saturated rings. The van der Waals surface area contributed by atoms with Crippen LogP contribution in [-0.2, 0) is 4.79 Å². The molecule has 0 atom stereocenters. The van der Waals surface area contributed by atoms with Gasteiger partial charge in [0.25, 0.3) is 5.91 Å². The number of hydrogen-bond acceptors (Lipinski definition) is 3. The summed E-state index contributed by atoms with van der Waals surface area (Å²) in [4.78, 5) is 27.4. The number of nitrogens with zero attached hydrogens (tertiary/aromatic N) is 1. The van der Waals surface area contributed by atoms with Crippen LogP contribution < -0.4 is 5.32 Å². The normalized spacial score (nSPS) is 14.8. The number of anilines is 1. The van der Waals surface area contributed by atoms with Crippen molar-refractivity contribution in [2.24, 2.45) is 0 Å². The van der Waals surface area contributed by atoms with Crippen molar-refractivity contribution in [2.45, 2.75) is 0 Å². The Bertz CT molecular complexity index is 990. The van der Waals surface area contributed by atoms with Crippen LogP contribution >= 0.6 is 0 Å². The molecular weight excluding hydrogens is 288 g/mol. The first kappa shape index (κ1) is 13.4. The van der Waals surface area contributed by atoms with Gasteiger partial charge in [-0.25, -0.2) is 4.98 Å². The first-order valence-electron chi connectivity index (χ1n) is 7.24. The minimum Gasteiger partial charge on any atom is -0.321 e. The summed E-state index contributed by atoms with van der Waals surface area (Å²) in [6.45, 7) is 0. The monoisotopic (exact) mass is 300 g/mol. The Morgan fingerprint density at radius 3 is 2.61 bits per heavy atom. The second-order valence-electron chi connectivity index (χ2n) is 5.33. The van der Waals surface area contributed by atoms with Gasteiger partial charge in [0, 0.05) is 10.9 Å². The molecule has 1 aliphatic heterocycles. The van der Waals surface area contributed by atoms with Gasteiger partial charge < -0.3 is 5.32 Å². The van der Waals surface area contributed by atoms with E-state index in [1.807, 2.05) is 36.4 Å². The summed E-state index contributed by atoms with van der Waals surface area (Å²) in [5, 5.41) is 5.02. The predicted molar refractivity (Wildman–Crippen MR) is 90.1 cm³/mol. The van der Waals surface area contributed by atoms with Crippen molar-refractivity contribution in [3.63, 3.8) is 0 Å². The number of aldehydes is 1. The Morgan fingerprint density at radius 2 is 1.74 bits per heavy atom. The van der Waals surface area contributed by atoms with Crippen LogP contribution in [0, 0.1) is 0 Å². The number of benzene rings is 2. The zero-order valence-electron chi connectivity index (χ0n) is 12.1. The van der Waals surface area contributed by atoms with Crippen LogP contribution in [0.5, 0.6) is 0 Å². The second-order valence-corrected chi connectivity index (χ2v) is 5.33. The number of carbonyl (C=O) groups is 2. The fourth-order valence-electron chi connectivity index (χ4n) is 2.84. The quantitative estimate of drug-likeness (QED) is 0.581. The molecule has 3 aromatic rings. The van der Waals surface area contributed by atoms with E-state index >= 15 is 0 Å². The molecule has 0 bridgehead atoms. The van der Waals surface area contributed by atoms with Crippen LogP contribution in [0.15, 0.2) is 54.6 Å². The molecule has 2 heterocycles. The van der Waals surface area contributed by atoms with Gasteiger partial charge in [0.2, 0.25) is 0 Å². The lowest BCUT2D eigenvalue weighted by Crippen LogP contribution is -2.04. The molecule has 0 spiro atoms. The van der Waals surface area contributed by atoms with Crippen LogP contribution in [0.3, 0.4) is 0 Å². The van der Waals surface area contributed by atoms with Gasteiger partial charge in [-0.1, -0.05) is 42.5 Å². The highest BCUT2D eigenvalue weighted by molar-refractivity contribution is 6.37. The Kier molecular flexibility index (Phi) is 3.01. The molecule has 0 radical (unpaired) electrons. The van der Waals surface area contributed by atoms with Crippen molar-refractivity contribution in [3.05, 3.63) is 71.5 Å². The number of nitrogens with one attached hydrogen (secondary N) is 1. The fourth-order valence-corrected chi connectivity index (χ4v) is 2.84. The van der Waals surface area contributed by atoms with Crippen molar-refractivity contribution in [3.8, 4) is 0 Å². The molecule has 2 aromatic carbocycles. The molecule has 0 aliphatic carbocycles. The van der Waals surface area contributed by atoms with Gasteiger partial charge in [0.1, 0.15) is 5.69 Å². The van der Waals surface area contributed by atoms with Gasteiger partial charge in [0.15, 0.2) is 6.29 Å². The summed E-state index contributed by atoms with van der Waals surface area (Å²) in [5.74, 6) is -0.158. The van der Waals surface area contributed by atoms with E-state index in [9.17, 15) is 9.59 Å². The maximum absolute atomic E-state index is 12.4. The van der Waals surface area contributed by atoms with Crippen molar-refractivity contribution < 1.29 is 9.59 Å². The second kappa shape index (κ2) is 5.18. The molecule has 1 N–H and O–H groups in total. The maximum atomic E-state index is 12.4. The van der Waals surface area contributed by atoms with Crippen molar-refractivity contribution in [1.29, 1.82) is 0 Å². The highest BCUT2D eigenvalue weighted by atomic mass is 16.2. The largest absolute Gasteiger partial charge is 0.321 e. The van der Waals surface area contributed by atoms with Crippen LogP contribution in [0.4, 0.5) is 5.69 Å². The van der Waals surface area contributed by atoms with Gasteiger partial charge in [0.05, 0.1) is 17.0 Å². The van der Waals surface area contributed by atoms with Gasteiger partial charge >= 0.3 is 0 Å². The van der Waals surface area contributed by atoms with Gasteiger partial charge in [-0.3, -0.25) is 9.59 Å². The van der Waals surface area contributed by atoms with E-state index in [-0.39, 0.29) is 5.91 Å². The third-order valence-corrected chi connectivity index (χ3v) is 3.91. The first-order valence-corrected chi connectivity index (χ1v) is 7.24. The zero-order valence-corrected chi connectivity index (χ0v) is 12.1. The van der Waals surface area contributed by atoms with E-state index in [0.29, 0.717) is 23.2 Å². The number of rotatable bonds is 2. The Balaban J connectivity index is 1.89. The molecular formula is C19H12N2O2. The molecule has 110 valence electrons. The Labute approximate surface area is 132 Å². The molecule has 4 rings (SSSR count). The molecule has 0 saturated carbocycles. The Morgan fingerprint density at radius 1 is 0.913 bits per heavy atom. The number of pyridine rings is 1. The van der Waals surface area contributed by atoms with E-state index < -0.39 is 0 Å². The Hall–Kier alpha value is -3.27. The van der Waals surface area contributed by atoms with Crippen LogP contribution in [0.1, 0.15) is 21.7 Å². The SMILES string of the molecule is O=Cc1cccc(/C=C2/C(=O)Nc3c2ccc2ccccc32)n1. The maximum Gasteiger partial charge on any atom is 0.256 e. The number of carbonyl (C=O) groups excluding carboxylic acids is 2. The molecule has 1 amide bonds. The van der Waals surface area contributed by atoms with Crippen molar-refractivity contribution in [1.82, 2.24) is 4.98 Å². The number of hydrogen-bond donors (Lipinski definition) is 1. The standard InChI is InChI=1S/C19H12N2O2/c22-11-14-6-3-5-13(20-14)10-17-16-9-8-12-4-1-2-7-15(12)18(16)21-19(17)23/h1-11H,(H,21,23)/b17-10+. The molecule has 1 aliphatic rings. The summed E-state index contributed by atoms with van der Waals surface area (Å²) >= 11 is 0. The lowest BCUT2D eigenvalue weighted by molar-refractivity contribution is -0.110. The third-order valence-electron chi connectivity index (χ3n) is 3.91. The smallest absolute Gasteiger partial charge is 0.256 e. The van der Waals surface area contributed by atoms with Crippen LogP contribution in [0.2, 0.25) is 0 Å². The average Bonchev–Trinajstić information content (AvgIpc) is 2.91. The fraction of sp³-hybridized carbons (Fsp3) is 0. The van der Waals surface area contributed by atoms with Crippen LogP contribution in [0.25, 0.3) is 22.4 Å². The highest BCUT2D eigenvalue weighted by Gasteiger charge is 2.25. The van der Waals surface area contributed by atoms with Gasteiger partial charge in [-0.15, -0.1) is 0 Å². The minimum absolute atomic E-state index is 0.158. The van der Waals surface area contributed by atoms with Crippen LogP contribution in [-0.4, -0.2) is 17.2 Å². The average molecular weight is 300 g/mol. The molecule has 4 nitrogen and oxygen atoms in total. The highest BCUT2D eigenvalue weighted by Crippen LogP contribution is 2.38.